The second-order valence-corrected chi connectivity index (χ2v) is 11.9. The van der Waals surface area contributed by atoms with Crippen LogP contribution in [0.1, 0.15) is 57.8 Å². The van der Waals surface area contributed by atoms with E-state index in [-0.39, 0.29) is 40.4 Å². The van der Waals surface area contributed by atoms with Crippen LogP contribution in [0.2, 0.25) is 0 Å². The van der Waals surface area contributed by atoms with E-state index in [1.165, 1.54) is 0 Å². The molecular weight excluding hydrogens is 444 g/mol. The largest absolute Gasteiger partial charge is 0.478 e. The topological polar surface area (TPSA) is 128 Å². The number of guanidine groups is 1. The average molecular weight is 483 g/mol. The fourth-order valence-electron chi connectivity index (χ4n) is 10.5. The SMILES string of the molecule is CN=C(N)N1C=C[C@]2(CNC)CC[C@@H]3[C@@]4(O)C(=O)CCCC[C@@H]5CC[C@@H]6CC(=C4C(=O)O)[C@@]53[C@]62C1. The molecule has 5 N–H and O–H groups in total. The van der Waals surface area contributed by atoms with Gasteiger partial charge in [-0.3, -0.25) is 9.79 Å². The van der Waals surface area contributed by atoms with Crippen LogP contribution in [-0.2, 0) is 9.59 Å². The number of Topliss-reactive ketones (excluding diaryl/α,β-unsaturated/α-hetero) is 1. The molecule has 0 unspecified atom stereocenters. The molecule has 4 fully saturated rings. The molecular formula is C27H38N4O4. The first-order valence-electron chi connectivity index (χ1n) is 13.3. The Balaban J connectivity index is 1.71. The smallest absolute Gasteiger partial charge is 0.334 e. The molecule has 3 bridgehead atoms. The van der Waals surface area contributed by atoms with Gasteiger partial charge < -0.3 is 26.2 Å². The summed E-state index contributed by atoms with van der Waals surface area (Å²) in [4.78, 5) is 32.9. The van der Waals surface area contributed by atoms with Crippen molar-refractivity contribution in [3.05, 3.63) is 23.4 Å². The summed E-state index contributed by atoms with van der Waals surface area (Å²) in [5.74, 6) is -0.815. The summed E-state index contributed by atoms with van der Waals surface area (Å²) in [6.07, 6.45) is 11.4. The number of carboxylic acids is 1. The lowest BCUT2D eigenvalue weighted by molar-refractivity contribution is -0.213. The van der Waals surface area contributed by atoms with Crippen LogP contribution in [0, 0.1) is 34.0 Å². The predicted molar refractivity (Wildman–Crippen MR) is 131 cm³/mol. The van der Waals surface area contributed by atoms with Crippen LogP contribution in [-0.4, -0.2) is 65.6 Å². The van der Waals surface area contributed by atoms with Gasteiger partial charge in [0.05, 0.1) is 5.57 Å². The Morgan fingerprint density at radius 3 is 2.74 bits per heavy atom. The lowest BCUT2D eigenvalue weighted by Gasteiger charge is -2.71. The number of nitrogens with zero attached hydrogens (tertiary/aromatic N) is 2. The third kappa shape index (κ3) is 2.39. The van der Waals surface area contributed by atoms with Gasteiger partial charge in [0.25, 0.3) is 0 Å². The lowest BCUT2D eigenvalue weighted by Crippen LogP contribution is -2.72. The van der Waals surface area contributed by atoms with Gasteiger partial charge in [-0.05, 0) is 69.4 Å². The molecule has 4 saturated carbocycles. The molecule has 0 aromatic heterocycles. The van der Waals surface area contributed by atoms with Crippen molar-refractivity contribution in [3.63, 3.8) is 0 Å². The zero-order valence-corrected chi connectivity index (χ0v) is 20.8. The highest BCUT2D eigenvalue weighted by Gasteiger charge is 2.84. The lowest BCUT2D eigenvalue weighted by atomic mass is 9.34. The van der Waals surface area contributed by atoms with Gasteiger partial charge in [0.15, 0.2) is 17.3 Å². The van der Waals surface area contributed by atoms with E-state index in [0.717, 1.165) is 44.2 Å². The second kappa shape index (κ2) is 7.42. The van der Waals surface area contributed by atoms with Crippen LogP contribution in [0.5, 0.6) is 0 Å². The molecule has 0 saturated heterocycles. The fraction of sp³-hybridized carbons (Fsp3) is 0.741. The molecule has 6 rings (SSSR count). The predicted octanol–water partition coefficient (Wildman–Crippen LogP) is 2.05. The number of nitrogens with one attached hydrogen (secondary N) is 1. The van der Waals surface area contributed by atoms with Crippen molar-refractivity contribution in [2.45, 2.75) is 63.4 Å². The maximum atomic E-state index is 13.7. The van der Waals surface area contributed by atoms with Crippen molar-refractivity contribution in [2.75, 3.05) is 27.2 Å². The number of allylic oxidation sites excluding steroid dienone is 1. The summed E-state index contributed by atoms with van der Waals surface area (Å²) in [5, 5.41) is 26.3. The first-order valence-corrected chi connectivity index (χ1v) is 13.3. The number of rotatable bonds is 3. The minimum absolute atomic E-state index is 0.0293. The first kappa shape index (κ1) is 23.2. The number of hydrogen-bond acceptors (Lipinski definition) is 5. The number of carbonyl (C=O) groups excluding carboxylic acids is 1. The van der Waals surface area contributed by atoms with Crippen molar-refractivity contribution in [3.8, 4) is 0 Å². The van der Waals surface area contributed by atoms with Crippen molar-refractivity contribution in [1.29, 1.82) is 0 Å². The molecule has 8 nitrogen and oxygen atoms in total. The van der Waals surface area contributed by atoms with Crippen LogP contribution in [0.3, 0.4) is 0 Å². The van der Waals surface area contributed by atoms with Crippen LogP contribution in [0.15, 0.2) is 28.4 Å². The van der Waals surface area contributed by atoms with Crippen LogP contribution in [0.4, 0.5) is 0 Å². The number of aliphatic imine (C=N–C) groups is 1. The molecule has 5 aliphatic carbocycles. The van der Waals surface area contributed by atoms with Gasteiger partial charge in [-0.25, -0.2) is 4.79 Å². The zero-order valence-electron chi connectivity index (χ0n) is 20.8. The van der Waals surface area contributed by atoms with E-state index in [2.05, 4.69) is 22.6 Å². The van der Waals surface area contributed by atoms with Crippen LogP contribution in [0.25, 0.3) is 0 Å². The Morgan fingerprint density at radius 1 is 1.26 bits per heavy atom. The summed E-state index contributed by atoms with van der Waals surface area (Å²) in [6, 6.07) is 0. The van der Waals surface area contributed by atoms with E-state index in [9.17, 15) is 19.8 Å². The summed E-state index contributed by atoms with van der Waals surface area (Å²) in [6.45, 7) is 1.42. The molecule has 190 valence electrons. The molecule has 1 heterocycles. The van der Waals surface area contributed by atoms with E-state index in [4.69, 9.17) is 5.73 Å². The highest BCUT2D eigenvalue weighted by Crippen LogP contribution is 2.84. The summed E-state index contributed by atoms with van der Waals surface area (Å²) < 4.78 is 0. The Hall–Kier alpha value is -2.19. The standard InChI is InChI=1S/C27H38N4O4/c1-29-14-24-10-9-19-26-16-5-3-4-6-20(32)27(19,35)21(22(33)34)18(26)13-17(8-7-16)25(24,26)15-31(12-11-24)23(28)30-2/h11-12,16-17,19,29,35H,3-10,13-15H2,1-2H3,(H2,28,30)(H,33,34)/t16-,17-,19+,24+,25-,26+,27-/m1/s1. The number of nitrogens with two attached hydrogens (primary N) is 1. The molecule has 0 amide bonds. The number of hydrogen-bond donors (Lipinski definition) is 4. The number of ketones is 1. The maximum absolute atomic E-state index is 13.7. The highest BCUT2D eigenvalue weighted by molar-refractivity contribution is 6.05. The Morgan fingerprint density at radius 2 is 2.03 bits per heavy atom. The maximum Gasteiger partial charge on any atom is 0.334 e. The minimum Gasteiger partial charge on any atom is -0.478 e. The quantitative estimate of drug-likeness (QED) is 0.358. The third-order valence-electron chi connectivity index (χ3n) is 11.3. The van der Waals surface area contributed by atoms with E-state index in [0.29, 0.717) is 31.8 Å². The summed E-state index contributed by atoms with van der Waals surface area (Å²) >= 11 is 0. The van der Waals surface area contributed by atoms with Gasteiger partial charge in [0.1, 0.15) is 0 Å². The molecule has 0 radical (unpaired) electrons. The molecule has 2 spiro atoms. The van der Waals surface area contributed by atoms with Gasteiger partial charge in [0.2, 0.25) is 0 Å². The Labute approximate surface area is 206 Å². The highest BCUT2D eigenvalue weighted by atomic mass is 16.4. The van der Waals surface area contributed by atoms with Crippen molar-refractivity contribution < 1.29 is 19.8 Å². The van der Waals surface area contributed by atoms with Gasteiger partial charge in [-0.2, -0.15) is 0 Å². The van der Waals surface area contributed by atoms with Crippen molar-refractivity contribution in [2.24, 2.45) is 44.7 Å². The molecule has 0 aromatic carbocycles. The molecule has 7 atom stereocenters. The molecule has 8 heteroatoms. The summed E-state index contributed by atoms with van der Waals surface area (Å²) in [7, 11) is 3.68. The number of carbonyl (C=O) groups is 2. The molecule has 35 heavy (non-hydrogen) atoms. The van der Waals surface area contributed by atoms with Crippen LogP contribution < -0.4 is 11.1 Å². The average Bonchev–Trinajstić information content (AvgIpc) is 3.18. The number of aliphatic carboxylic acids is 1. The van der Waals surface area contributed by atoms with Gasteiger partial charge >= 0.3 is 5.97 Å². The molecule has 1 aliphatic heterocycles. The van der Waals surface area contributed by atoms with E-state index >= 15 is 0 Å². The van der Waals surface area contributed by atoms with Crippen molar-refractivity contribution in [1.82, 2.24) is 10.2 Å². The van der Waals surface area contributed by atoms with E-state index in [1.807, 2.05) is 11.9 Å². The Bertz CT molecular complexity index is 1080. The monoisotopic (exact) mass is 482 g/mol. The van der Waals surface area contributed by atoms with E-state index in [1.54, 1.807) is 7.05 Å². The third-order valence-corrected chi connectivity index (χ3v) is 11.3. The molecule has 0 aromatic rings. The zero-order chi connectivity index (χ0) is 24.8. The van der Waals surface area contributed by atoms with Gasteiger partial charge in [0, 0.05) is 54.9 Å². The first-order chi connectivity index (χ1) is 16.7. The number of aliphatic hydroxyl groups is 1. The van der Waals surface area contributed by atoms with Gasteiger partial charge in [-0.1, -0.05) is 12.5 Å². The normalized spacial score (nSPS) is 46.3. The van der Waals surface area contributed by atoms with Crippen molar-refractivity contribution >= 4 is 17.7 Å². The van der Waals surface area contributed by atoms with E-state index < -0.39 is 22.9 Å². The fourth-order valence-corrected chi connectivity index (χ4v) is 10.5. The van der Waals surface area contributed by atoms with Crippen LogP contribution >= 0.6 is 0 Å². The Kier molecular flexibility index (Phi) is 4.92. The second-order valence-electron chi connectivity index (χ2n) is 11.9. The summed E-state index contributed by atoms with van der Waals surface area (Å²) in [5.41, 5.74) is 4.34. The van der Waals surface area contributed by atoms with Gasteiger partial charge in [-0.15, -0.1) is 0 Å². The minimum atomic E-state index is -1.90. The number of carboxylic acid groups (broad SMARTS) is 1. The molecule has 6 aliphatic rings.